The Morgan fingerprint density at radius 1 is 1.09 bits per heavy atom. The minimum Gasteiger partial charge on any atom is -0.438 e. The van der Waals surface area contributed by atoms with E-state index in [4.69, 9.17) is 21.9 Å². The highest BCUT2D eigenvalue weighted by Crippen LogP contribution is 2.38. The summed E-state index contributed by atoms with van der Waals surface area (Å²) in [5.74, 6) is 0.655. The molecule has 2 aromatic heterocycles. The number of benzene rings is 1. The van der Waals surface area contributed by atoms with Crippen LogP contribution < -0.4 is 10.3 Å². The lowest BCUT2D eigenvalue weighted by Crippen LogP contribution is -2.39. The van der Waals surface area contributed by atoms with Gasteiger partial charge >= 0.3 is 0 Å². The number of pyridine rings is 1. The number of carbonyl (C=O) groups is 1. The maximum absolute atomic E-state index is 13.6. The van der Waals surface area contributed by atoms with Gasteiger partial charge in [0, 0.05) is 12.2 Å². The van der Waals surface area contributed by atoms with E-state index in [1.54, 1.807) is 17.2 Å². The number of aryl methyl sites for hydroxylation is 3. The first-order chi connectivity index (χ1) is 16.8. The van der Waals surface area contributed by atoms with Gasteiger partial charge in [-0.3, -0.25) is 18.9 Å². The fraction of sp³-hybridized carbons (Fsp3) is 0.333. The fourth-order valence-corrected chi connectivity index (χ4v) is 6.16. The van der Waals surface area contributed by atoms with Crippen molar-refractivity contribution < 1.29 is 9.53 Å². The molecule has 0 N–H and O–H groups in total. The van der Waals surface area contributed by atoms with Crippen LogP contribution in [0.3, 0.4) is 0 Å². The van der Waals surface area contributed by atoms with Gasteiger partial charge in [-0.05, 0) is 62.9 Å². The van der Waals surface area contributed by atoms with E-state index in [2.05, 4.69) is 0 Å². The zero-order chi connectivity index (χ0) is 24.7. The summed E-state index contributed by atoms with van der Waals surface area (Å²) < 4.78 is 8.27. The fourth-order valence-electron chi connectivity index (χ4n) is 4.78. The molecule has 1 amide bonds. The largest absolute Gasteiger partial charge is 0.438 e. The highest BCUT2D eigenvalue weighted by molar-refractivity contribution is 8.26. The van der Waals surface area contributed by atoms with Crippen LogP contribution in [0.15, 0.2) is 46.2 Å². The Labute approximate surface area is 214 Å². The first-order valence-corrected chi connectivity index (χ1v) is 13.1. The van der Waals surface area contributed by atoms with Crippen LogP contribution in [0.1, 0.15) is 54.4 Å². The second kappa shape index (κ2) is 9.59. The molecule has 2 fully saturated rings. The number of carbonyl (C=O) groups excluding carboxylic acids is 1. The van der Waals surface area contributed by atoms with E-state index in [1.807, 2.05) is 51.1 Å². The molecule has 0 unspecified atom stereocenters. The standard InChI is InChI=1S/C27H27N3O3S2/c1-16-11-12-21(18(3)14-16)33-24-20(25(31)29-13-7-8-17(2)23(29)28-24)15-22-26(32)30(27(34)35-22)19-9-5-4-6-10-19/h7-8,11-15,19H,4-6,9-10H2,1-3H3/b22-15+. The molecule has 3 aromatic rings. The molecule has 2 aliphatic rings. The Hall–Kier alpha value is -2.97. The Balaban J connectivity index is 1.62. The van der Waals surface area contributed by atoms with Gasteiger partial charge in [0.2, 0.25) is 5.88 Å². The number of thioether (sulfide) groups is 1. The minimum absolute atomic E-state index is 0.131. The van der Waals surface area contributed by atoms with Crippen LogP contribution >= 0.6 is 24.0 Å². The molecule has 0 radical (unpaired) electrons. The summed E-state index contributed by atoms with van der Waals surface area (Å²) in [6.07, 6.45) is 8.60. The Morgan fingerprint density at radius 3 is 2.60 bits per heavy atom. The van der Waals surface area contributed by atoms with Gasteiger partial charge in [0.1, 0.15) is 21.3 Å². The third-order valence-electron chi connectivity index (χ3n) is 6.63. The lowest BCUT2D eigenvalue weighted by Gasteiger charge is -2.29. The van der Waals surface area contributed by atoms with Gasteiger partial charge in [0.05, 0.1) is 4.91 Å². The molecule has 35 heavy (non-hydrogen) atoms. The smallest absolute Gasteiger partial charge is 0.269 e. The topological polar surface area (TPSA) is 63.9 Å². The molecule has 3 heterocycles. The molecule has 0 atom stereocenters. The molecular weight excluding hydrogens is 478 g/mol. The number of aromatic nitrogens is 2. The van der Waals surface area contributed by atoms with Crippen LogP contribution in [0.5, 0.6) is 11.6 Å². The predicted molar refractivity (Wildman–Crippen MR) is 144 cm³/mol. The molecule has 1 aliphatic heterocycles. The number of ether oxygens (including phenoxy) is 1. The summed E-state index contributed by atoms with van der Waals surface area (Å²) >= 11 is 6.83. The summed E-state index contributed by atoms with van der Waals surface area (Å²) in [6, 6.07) is 9.68. The van der Waals surface area contributed by atoms with Gasteiger partial charge in [0.25, 0.3) is 11.5 Å². The Kier molecular flexibility index (Phi) is 6.51. The van der Waals surface area contributed by atoms with Crippen molar-refractivity contribution in [2.45, 2.75) is 58.9 Å². The zero-order valence-corrected chi connectivity index (χ0v) is 21.7. The maximum atomic E-state index is 13.6. The lowest BCUT2D eigenvalue weighted by atomic mass is 9.94. The molecule has 180 valence electrons. The van der Waals surface area contributed by atoms with Crippen molar-refractivity contribution in [3.05, 3.63) is 74.0 Å². The van der Waals surface area contributed by atoms with E-state index < -0.39 is 0 Å². The zero-order valence-electron chi connectivity index (χ0n) is 20.0. The van der Waals surface area contributed by atoms with Crippen LogP contribution in [0.25, 0.3) is 11.7 Å². The molecular formula is C27H27N3O3S2. The molecule has 0 spiro atoms. The SMILES string of the molecule is Cc1ccc(Oc2nc3c(C)cccn3c(=O)c2/C=C2/SC(=S)N(C3CCCCC3)C2=O)c(C)c1. The van der Waals surface area contributed by atoms with Crippen LogP contribution in [0, 0.1) is 20.8 Å². The molecule has 1 aliphatic carbocycles. The summed E-state index contributed by atoms with van der Waals surface area (Å²) in [5, 5.41) is 0. The molecule has 6 nitrogen and oxygen atoms in total. The van der Waals surface area contributed by atoms with Gasteiger partial charge in [-0.15, -0.1) is 0 Å². The maximum Gasteiger partial charge on any atom is 0.269 e. The molecule has 1 aromatic carbocycles. The third-order valence-corrected chi connectivity index (χ3v) is 7.96. The number of thiocarbonyl (C=S) groups is 1. The minimum atomic E-state index is -0.290. The quantitative estimate of drug-likeness (QED) is 0.323. The van der Waals surface area contributed by atoms with E-state index in [0.717, 1.165) is 42.4 Å². The molecule has 5 rings (SSSR count). The number of fused-ring (bicyclic) bond motifs is 1. The van der Waals surface area contributed by atoms with E-state index in [-0.39, 0.29) is 29.0 Å². The average Bonchev–Trinajstić information content (AvgIpc) is 3.12. The van der Waals surface area contributed by atoms with Crippen molar-refractivity contribution in [2.75, 3.05) is 0 Å². The van der Waals surface area contributed by atoms with Crippen molar-refractivity contribution in [1.82, 2.24) is 14.3 Å². The van der Waals surface area contributed by atoms with Gasteiger partial charge in [-0.2, -0.15) is 4.98 Å². The molecule has 8 heteroatoms. The van der Waals surface area contributed by atoms with Crippen molar-refractivity contribution in [1.29, 1.82) is 0 Å². The van der Waals surface area contributed by atoms with Crippen LogP contribution in [-0.2, 0) is 4.79 Å². The number of rotatable bonds is 4. The van der Waals surface area contributed by atoms with E-state index in [1.165, 1.54) is 22.6 Å². The first kappa shape index (κ1) is 23.8. The second-order valence-corrected chi connectivity index (χ2v) is 10.9. The van der Waals surface area contributed by atoms with Crippen LogP contribution in [-0.4, -0.2) is 30.6 Å². The molecule has 1 saturated heterocycles. The van der Waals surface area contributed by atoms with Gasteiger partial charge in [-0.25, -0.2) is 0 Å². The van der Waals surface area contributed by atoms with Gasteiger partial charge < -0.3 is 4.74 Å². The monoisotopic (exact) mass is 505 g/mol. The van der Waals surface area contributed by atoms with Crippen LogP contribution in [0.2, 0.25) is 0 Å². The number of hydrogen-bond acceptors (Lipinski definition) is 6. The number of hydrogen-bond donors (Lipinski definition) is 0. The predicted octanol–water partition coefficient (Wildman–Crippen LogP) is 5.95. The number of amides is 1. The molecule has 0 bridgehead atoms. The van der Waals surface area contributed by atoms with Crippen molar-refractivity contribution in [3.63, 3.8) is 0 Å². The van der Waals surface area contributed by atoms with E-state index in [0.29, 0.717) is 20.6 Å². The van der Waals surface area contributed by atoms with E-state index >= 15 is 0 Å². The molecule has 1 saturated carbocycles. The van der Waals surface area contributed by atoms with E-state index in [9.17, 15) is 9.59 Å². The summed E-state index contributed by atoms with van der Waals surface area (Å²) in [6.45, 7) is 5.87. The first-order valence-electron chi connectivity index (χ1n) is 11.9. The second-order valence-electron chi connectivity index (χ2n) is 9.24. The van der Waals surface area contributed by atoms with Crippen molar-refractivity contribution in [2.24, 2.45) is 0 Å². The Morgan fingerprint density at radius 2 is 1.86 bits per heavy atom. The normalized spacial score (nSPS) is 18.1. The highest BCUT2D eigenvalue weighted by atomic mass is 32.2. The highest BCUT2D eigenvalue weighted by Gasteiger charge is 2.38. The van der Waals surface area contributed by atoms with Crippen molar-refractivity contribution in [3.8, 4) is 11.6 Å². The lowest BCUT2D eigenvalue weighted by molar-refractivity contribution is -0.124. The number of nitrogens with zero attached hydrogens (tertiary/aromatic N) is 3. The Bertz CT molecular complexity index is 1440. The van der Waals surface area contributed by atoms with Gasteiger partial charge in [0.15, 0.2) is 0 Å². The van der Waals surface area contributed by atoms with Gasteiger partial charge in [-0.1, -0.05) is 67.0 Å². The summed E-state index contributed by atoms with van der Waals surface area (Å²) in [4.78, 5) is 33.9. The average molecular weight is 506 g/mol. The summed E-state index contributed by atoms with van der Waals surface area (Å²) in [7, 11) is 0. The van der Waals surface area contributed by atoms with Crippen LogP contribution in [0.4, 0.5) is 0 Å². The summed E-state index contributed by atoms with van der Waals surface area (Å²) in [5.41, 5.74) is 3.36. The third kappa shape index (κ3) is 4.52. The van der Waals surface area contributed by atoms with Crippen molar-refractivity contribution >= 4 is 45.9 Å².